The highest BCUT2D eigenvalue weighted by atomic mass is 79.9. The van der Waals surface area contributed by atoms with Crippen molar-refractivity contribution >= 4 is 33.3 Å². The quantitative estimate of drug-likeness (QED) is 0.837. The molecule has 0 radical (unpaired) electrons. The van der Waals surface area contributed by atoms with Crippen molar-refractivity contribution in [2.45, 2.75) is 38.3 Å². The van der Waals surface area contributed by atoms with E-state index in [1.807, 2.05) is 18.2 Å². The van der Waals surface area contributed by atoms with Gasteiger partial charge in [0.25, 0.3) is 0 Å². The SMILES string of the molecule is S=C(NCc1ccccc1Br)NC1CCCC1. The third-order valence-electron chi connectivity index (χ3n) is 3.09. The van der Waals surface area contributed by atoms with Crippen LogP contribution < -0.4 is 10.6 Å². The summed E-state index contributed by atoms with van der Waals surface area (Å²) in [6, 6.07) is 8.77. The van der Waals surface area contributed by atoms with E-state index in [2.05, 4.69) is 32.6 Å². The summed E-state index contributed by atoms with van der Waals surface area (Å²) in [7, 11) is 0. The topological polar surface area (TPSA) is 24.1 Å². The van der Waals surface area contributed by atoms with Crippen LogP contribution in [0.1, 0.15) is 31.2 Å². The van der Waals surface area contributed by atoms with Gasteiger partial charge in [-0.05, 0) is 36.7 Å². The van der Waals surface area contributed by atoms with Crippen molar-refractivity contribution in [3.05, 3.63) is 34.3 Å². The second kappa shape index (κ2) is 6.36. The van der Waals surface area contributed by atoms with Crippen LogP contribution in [0, 0.1) is 0 Å². The fourth-order valence-electron chi connectivity index (χ4n) is 2.12. The second-order valence-corrected chi connectivity index (χ2v) is 5.66. The number of halogens is 1. The Morgan fingerprint density at radius 2 is 2.00 bits per heavy atom. The molecule has 1 saturated carbocycles. The molecule has 0 saturated heterocycles. The standard InChI is InChI=1S/C13H17BrN2S/c14-12-8-4-1-5-10(12)9-15-13(17)16-11-6-2-3-7-11/h1,4-5,8,11H,2-3,6-7,9H2,(H2,15,16,17). The Morgan fingerprint density at radius 1 is 1.29 bits per heavy atom. The largest absolute Gasteiger partial charge is 0.360 e. The molecule has 2 rings (SSSR count). The van der Waals surface area contributed by atoms with Crippen molar-refractivity contribution in [1.29, 1.82) is 0 Å². The molecule has 0 aliphatic heterocycles. The van der Waals surface area contributed by atoms with Gasteiger partial charge in [0, 0.05) is 17.1 Å². The fourth-order valence-corrected chi connectivity index (χ4v) is 2.79. The van der Waals surface area contributed by atoms with E-state index in [1.54, 1.807) is 0 Å². The van der Waals surface area contributed by atoms with Gasteiger partial charge in [-0.1, -0.05) is 47.0 Å². The van der Waals surface area contributed by atoms with Crippen LogP contribution in [0.5, 0.6) is 0 Å². The van der Waals surface area contributed by atoms with E-state index in [0.717, 1.165) is 16.1 Å². The molecule has 0 amide bonds. The number of rotatable bonds is 3. The molecule has 0 bridgehead atoms. The Labute approximate surface area is 116 Å². The molecule has 2 nitrogen and oxygen atoms in total. The highest BCUT2D eigenvalue weighted by molar-refractivity contribution is 9.10. The Kier molecular flexibility index (Phi) is 4.80. The van der Waals surface area contributed by atoms with E-state index in [0.29, 0.717) is 6.04 Å². The maximum atomic E-state index is 5.30. The van der Waals surface area contributed by atoms with Crippen LogP contribution in [-0.2, 0) is 6.54 Å². The van der Waals surface area contributed by atoms with Gasteiger partial charge in [0.15, 0.2) is 5.11 Å². The van der Waals surface area contributed by atoms with Crippen molar-refractivity contribution in [3.8, 4) is 0 Å². The zero-order valence-corrected chi connectivity index (χ0v) is 12.1. The van der Waals surface area contributed by atoms with Crippen molar-refractivity contribution in [2.24, 2.45) is 0 Å². The van der Waals surface area contributed by atoms with Gasteiger partial charge in [0.05, 0.1) is 0 Å². The molecule has 0 spiro atoms. The van der Waals surface area contributed by atoms with Crippen LogP contribution in [0.15, 0.2) is 28.7 Å². The Balaban J connectivity index is 1.77. The number of thiocarbonyl (C=S) groups is 1. The number of hydrogen-bond acceptors (Lipinski definition) is 1. The molecule has 0 atom stereocenters. The minimum atomic E-state index is 0.578. The maximum Gasteiger partial charge on any atom is 0.166 e. The lowest BCUT2D eigenvalue weighted by Gasteiger charge is -2.16. The first-order chi connectivity index (χ1) is 8.25. The summed E-state index contributed by atoms with van der Waals surface area (Å²) >= 11 is 8.83. The monoisotopic (exact) mass is 312 g/mol. The van der Waals surface area contributed by atoms with E-state index in [-0.39, 0.29) is 0 Å². The fraction of sp³-hybridized carbons (Fsp3) is 0.462. The van der Waals surface area contributed by atoms with Gasteiger partial charge in [-0.25, -0.2) is 0 Å². The summed E-state index contributed by atoms with van der Waals surface area (Å²) in [5, 5.41) is 7.40. The van der Waals surface area contributed by atoms with Crippen molar-refractivity contribution < 1.29 is 0 Å². The highest BCUT2D eigenvalue weighted by Crippen LogP contribution is 2.18. The molecule has 1 aliphatic carbocycles. The van der Waals surface area contributed by atoms with Crippen LogP contribution in [-0.4, -0.2) is 11.2 Å². The normalized spacial score (nSPS) is 15.8. The molecule has 1 aromatic carbocycles. The molecule has 17 heavy (non-hydrogen) atoms. The van der Waals surface area contributed by atoms with Crippen molar-refractivity contribution in [1.82, 2.24) is 10.6 Å². The van der Waals surface area contributed by atoms with Gasteiger partial charge in [-0.15, -0.1) is 0 Å². The molecule has 0 heterocycles. The van der Waals surface area contributed by atoms with E-state index in [1.165, 1.54) is 31.2 Å². The predicted octanol–water partition coefficient (Wildman–Crippen LogP) is 3.36. The third kappa shape index (κ3) is 3.96. The van der Waals surface area contributed by atoms with Crippen molar-refractivity contribution in [2.75, 3.05) is 0 Å². The highest BCUT2D eigenvalue weighted by Gasteiger charge is 2.15. The molecular weight excluding hydrogens is 296 g/mol. The van der Waals surface area contributed by atoms with Crippen LogP contribution in [0.3, 0.4) is 0 Å². The van der Waals surface area contributed by atoms with E-state index in [4.69, 9.17) is 12.2 Å². The molecule has 1 aliphatic rings. The second-order valence-electron chi connectivity index (χ2n) is 4.40. The lowest BCUT2D eigenvalue weighted by Crippen LogP contribution is -2.40. The summed E-state index contributed by atoms with van der Waals surface area (Å²) in [5.41, 5.74) is 1.23. The predicted molar refractivity (Wildman–Crippen MR) is 79.0 cm³/mol. The number of benzene rings is 1. The summed E-state index contributed by atoms with van der Waals surface area (Å²) in [4.78, 5) is 0. The first-order valence-corrected chi connectivity index (χ1v) is 7.23. The molecule has 4 heteroatoms. The molecule has 1 fully saturated rings. The molecule has 2 N–H and O–H groups in total. The Hall–Kier alpha value is -0.610. The van der Waals surface area contributed by atoms with Gasteiger partial charge >= 0.3 is 0 Å². The zero-order valence-electron chi connectivity index (χ0n) is 9.71. The average molecular weight is 313 g/mol. The number of nitrogens with one attached hydrogen (secondary N) is 2. The van der Waals surface area contributed by atoms with Crippen LogP contribution in [0.25, 0.3) is 0 Å². The van der Waals surface area contributed by atoms with Crippen molar-refractivity contribution in [3.63, 3.8) is 0 Å². The van der Waals surface area contributed by atoms with Gasteiger partial charge in [-0.3, -0.25) is 0 Å². The average Bonchev–Trinajstić information content (AvgIpc) is 2.81. The lowest BCUT2D eigenvalue weighted by atomic mass is 10.2. The summed E-state index contributed by atoms with van der Waals surface area (Å²) in [6.45, 7) is 0.764. The zero-order chi connectivity index (χ0) is 12.1. The smallest absolute Gasteiger partial charge is 0.166 e. The van der Waals surface area contributed by atoms with E-state index < -0.39 is 0 Å². The van der Waals surface area contributed by atoms with Gasteiger partial charge in [0.1, 0.15) is 0 Å². The summed E-state index contributed by atoms with van der Waals surface area (Å²) in [5.74, 6) is 0. The van der Waals surface area contributed by atoms with E-state index in [9.17, 15) is 0 Å². The van der Waals surface area contributed by atoms with Crippen LogP contribution in [0.2, 0.25) is 0 Å². The van der Waals surface area contributed by atoms with Gasteiger partial charge in [0.2, 0.25) is 0 Å². The summed E-state index contributed by atoms with van der Waals surface area (Å²) < 4.78 is 1.12. The first-order valence-electron chi connectivity index (χ1n) is 6.03. The third-order valence-corrected chi connectivity index (χ3v) is 4.12. The van der Waals surface area contributed by atoms with Crippen LogP contribution in [0.4, 0.5) is 0 Å². The molecule has 0 unspecified atom stereocenters. The van der Waals surface area contributed by atoms with Crippen LogP contribution >= 0.6 is 28.1 Å². The van der Waals surface area contributed by atoms with E-state index >= 15 is 0 Å². The van der Waals surface area contributed by atoms with Gasteiger partial charge < -0.3 is 10.6 Å². The molecule has 92 valence electrons. The molecule has 0 aromatic heterocycles. The number of hydrogen-bond donors (Lipinski definition) is 2. The molecule has 1 aromatic rings. The molecular formula is C13H17BrN2S. The minimum absolute atomic E-state index is 0.578. The minimum Gasteiger partial charge on any atom is -0.360 e. The summed E-state index contributed by atoms with van der Waals surface area (Å²) in [6.07, 6.45) is 5.14. The Morgan fingerprint density at radius 3 is 2.71 bits per heavy atom. The first kappa shape index (κ1) is 12.8. The maximum absolute atomic E-state index is 5.30. The lowest BCUT2D eigenvalue weighted by molar-refractivity contribution is 0.621. The Bertz CT molecular complexity index is 389. The van der Waals surface area contributed by atoms with Gasteiger partial charge in [-0.2, -0.15) is 0 Å².